The first-order chi connectivity index (χ1) is 14.9. The maximum Gasteiger partial charge on any atom is 0.404 e. The molecule has 1 saturated carbocycles. The molecule has 0 radical (unpaired) electrons. The van der Waals surface area contributed by atoms with E-state index in [1.165, 1.54) is 14.2 Å². The summed E-state index contributed by atoms with van der Waals surface area (Å²) in [7, 11) is 2.96. The van der Waals surface area contributed by atoms with Gasteiger partial charge in [0.15, 0.2) is 17.3 Å². The number of amides is 2. The number of nitrogens with one attached hydrogen (secondary N) is 3. The van der Waals surface area contributed by atoms with Crippen molar-refractivity contribution in [3.8, 4) is 11.6 Å². The SMILES string of the molecule is COc1ccc(Nc2cc(NC3CCCCC3NC(=O)O)nnc2C(N)=O)nc1OC. The van der Waals surface area contributed by atoms with E-state index in [1.807, 2.05) is 0 Å². The van der Waals surface area contributed by atoms with Crippen molar-refractivity contribution in [2.45, 2.75) is 37.8 Å². The minimum Gasteiger partial charge on any atom is -0.491 e. The molecular formula is C19H25N7O5. The number of aromatic nitrogens is 3. The van der Waals surface area contributed by atoms with Gasteiger partial charge in [-0.25, -0.2) is 4.79 Å². The van der Waals surface area contributed by atoms with Gasteiger partial charge >= 0.3 is 6.09 Å². The first-order valence-electron chi connectivity index (χ1n) is 9.70. The number of hydrogen-bond donors (Lipinski definition) is 5. The smallest absolute Gasteiger partial charge is 0.404 e. The van der Waals surface area contributed by atoms with Gasteiger partial charge in [0.1, 0.15) is 5.82 Å². The van der Waals surface area contributed by atoms with Gasteiger partial charge < -0.3 is 36.3 Å². The van der Waals surface area contributed by atoms with Gasteiger partial charge in [0, 0.05) is 12.1 Å². The van der Waals surface area contributed by atoms with Crippen molar-refractivity contribution in [3.63, 3.8) is 0 Å². The Morgan fingerprint density at radius 2 is 1.84 bits per heavy atom. The van der Waals surface area contributed by atoms with Crippen molar-refractivity contribution in [3.05, 3.63) is 23.9 Å². The Hall–Kier alpha value is -3.83. The molecule has 166 valence electrons. The van der Waals surface area contributed by atoms with E-state index in [-0.39, 0.29) is 23.7 Å². The van der Waals surface area contributed by atoms with E-state index < -0.39 is 12.0 Å². The zero-order valence-electron chi connectivity index (χ0n) is 17.2. The summed E-state index contributed by atoms with van der Waals surface area (Å²) in [6.45, 7) is 0. The fourth-order valence-electron chi connectivity index (χ4n) is 3.50. The van der Waals surface area contributed by atoms with E-state index in [2.05, 4.69) is 31.1 Å². The van der Waals surface area contributed by atoms with Crippen molar-refractivity contribution in [1.82, 2.24) is 20.5 Å². The zero-order valence-corrected chi connectivity index (χ0v) is 17.2. The van der Waals surface area contributed by atoms with Crippen molar-refractivity contribution >= 4 is 29.3 Å². The lowest BCUT2D eigenvalue weighted by molar-refractivity contribution is 0.0995. The number of hydrogen-bond acceptors (Lipinski definition) is 9. The molecule has 2 unspecified atom stereocenters. The minimum atomic E-state index is -1.07. The number of carbonyl (C=O) groups excluding carboxylic acids is 1. The van der Waals surface area contributed by atoms with Crippen molar-refractivity contribution < 1.29 is 24.2 Å². The Morgan fingerprint density at radius 3 is 2.48 bits per heavy atom. The van der Waals surface area contributed by atoms with Crippen LogP contribution in [0, 0.1) is 0 Å². The summed E-state index contributed by atoms with van der Waals surface area (Å²) < 4.78 is 10.4. The highest BCUT2D eigenvalue weighted by molar-refractivity contribution is 5.97. The fourth-order valence-corrected chi connectivity index (χ4v) is 3.50. The monoisotopic (exact) mass is 431 g/mol. The van der Waals surface area contributed by atoms with Crippen LogP contribution in [0.4, 0.5) is 22.1 Å². The summed E-state index contributed by atoms with van der Waals surface area (Å²) in [6, 6.07) is 4.47. The van der Waals surface area contributed by atoms with Gasteiger partial charge in [-0.05, 0) is 25.0 Å². The molecule has 0 saturated heterocycles. The first-order valence-corrected chi connectivity index (χ1v) is 9.70. The van der Waals surface area contributed by atoms with Crippen LogP contribution in [0.2, 0.25) is 0 Å². The lowest BCUT2D eigenvalue weighted by Crippen LogP contribution is -2.48. The number of anilines is 3. The number of primary amides is 1. The second-order valence-corrected chi connectivity index (χ2v) is 6.98. The topological polar surface area (TPSA) is 174 Å². The third kappa shape index (κ3) is 5.41. The maximum atomic E-state index is 11.8. The van der Waals surface area contributed by atoms with Crippen molar-refractivity contribution in [2.75, 3.05) is 24.9 Å². The largest absolute Gasteiger partial charge is 0.491 e. The Kier molecular flexibility index (Phi) is 6.90. The number of ether oxygens (including phenoxy) is 2. The molecule has 0 bridgehead atoms. The molecular weight excluding hydrogens is 406 g/mol. The number of nitrogens with two attached hydrogens (primary N) is 1. The molecule has 2 atom stereocenters. The minimum absolute atomic E-state index is 0.0639. The van der Waals surface area contributed by atoms with Crippen LogP contribution in [-0.4, -0.2) is 58.6 Å². The molecule has 1 aliphatic carbocycles. The lowest BCUT2D eigenvalue weighted by atomic mass is 9.90. The van der Waals surface area contributed by atoms with E-state index in [1.54, 1.807) is 18.2 Å². The van der Waals surface area contributed by atoms with E-state index >= 15 is 0 Å². The zero-order chi connectivity index (χ0) is 22.4. The molecule has 0 aliphatic heterocycles. The van der Waals surface area contributed by atoms with E-state index in [9.17, 15) is 9.59 Å². The second kappa shape index (κ2) is 9.78. The third-order valence-electron chi connectivity index (χ3n) is 4.94. The second-order valence-electron chi connectivity index (χ2n) is 6.98. The summed E-state index contributed by atoms with van der Waals surface area (Å²) in [6.07, 6.45) is 2.31. The van der Waals surface area contributed by atoms with Crippen LogP contribution in [0.15, 0.2) is 18.2 Å². The molecule has 1 aliphatic rings. The highest BCUT2D eigenvalue weighted by Crippen LogP contribution is 2.29. The number of rotatable bonds is 8. The standard InChI is InChI=1S/C19H25N7O5/c1-30-13-7-8-14(24-18(13)31-2)22-12-9-15(25-26-16(12)17(20)27)21-10-5-3-4-6-11(10)23-19(28)29/h7-11,23H,3-6H2,1-2H3,(H2,20,27)(H,28,29)(H2,21,22,24,25). The predicted octanol–water partition coefficient (Wildman–Crippen LogP) is 1.72. The van der Waals surface area contributed by atoms with Gasteiger partial charge in [0.05, 0.1) is 25.9 Å². The summed E-state index contributed by atoms with van der Waals surface area (Å²) in [5.74, 6) is 0.704. The van der Waals surface area contributed by atoms with Gasteiger partial charge in [-0.15, -0.1) is 10.2 Å². The fraction of sp³-hybridized carbons (Fsp3) is 0.421. The highest BCUT2D eigenvalue weighted by atomic mass is 16.5. The number of methoxy groups -OCH3 is 2. The van der Waals surface area contributed by atoms with Crippen LogP contribution in [0.5, 0.6) is 11.6 Å². The van der Waals surface area contributed by atoms with E-state index in [0.717, 1.165) is 25.7 Å². The molecule has 1 fully saturated rings. The number of pyridine rings is 1. The molecule has 31 heavy (non-hydrogen) atoms. The number of carboxylic acid groups (broad SMARTS) is 1. The van der Waals surface area contributed by atoms with Crippen LogP contribution in [-0.2, 0) is 0 Å². The summed E-state index contributed by atoms with van der Waals surface area (Å²) in [5.41, 5.74) is 5.67. The van der Waals surface area contributed by atoms with Crippen LogP contribution >= 0.6 is 0 Å². The summed E-state index contributed by atoms with van der Waals surface area (Å²) >= 11 is 0. The predicted molar refractivity (Wildman–Crippen MR) is 112 cm³/mol. The molecule has 2 aromatic rings. The van der Waals surface area contributed by atoms with E-state index in [0.29, 0.717) is 23.1 Å². The molecule has 12 heteroatoms. The molecule has 2 heterocycles. The van der Waals surface area contributed by atoms with Gasteiger partial charge in [-0.2, -0.15) is 4.98 Å². The quantitative estimate of drug-likeness (QED) is 0.414. The Bertz CT molecular complexity index is 955. The maximum absolute atomic E-state index is 11.8. The van der Waals surface area contributed by atoms with Crippen LogP contribution < -0.4 is 31.2 Å². The lowest BCUT2D eigenvalue weighted by Gasteiger charge is -2.32. The van der Waals surface area contributed by atoms with Crippen LogP contribution in [0.3, 0.4) is 0 Å². The van der Waals surface area contributed by atoms with Crippen molar-refractivity contribution in [2.24, 2.45) is 5.73 Å². The Morgan fingerprint density at radius 1 is 1.10 bits per heavy atom. The van der Waals surface area contributed by atoms with Crippen LogP contribution in [0.1, 0.15) is 36.2 Å². The van der Waals surface area contributed by atoms with Gasteiger partial charge in [0.25, 0.3) is 11.8 Å². The first kappa shape index (κ1) is 21.9. The Labute approximate surface area is 178 Å². The molecule has 3 rings (SSSR count). The Balaban J connectivity index is 1.85. The molecule has 2 aromatic heterocycles. The molecule has 0 spiro atoms. The molecule has 12 nitrogen and oxygen atoms in total. The third-order valence-corrected chi connectivity index (χ3v) is 4.94. The number of carbonyl (C=O) groups is 2. The van der Waals surface area contributed by atoms with E-state index in [4.69, 9.17) is 20.3 Å². The van der Waals surface area contributed by atoms with Crippen LogP contribution in [0.25, 0.3) is 0 Å². The average molecular weight is 431 g/mol. The van der Waals surface area contributed by atoms with Gasteiger partial charge in [0.2, 0.25) is 0 Å². The van der Waals surface area contributed by atoms with Gasteiger partial charge in [-0.1, -0.05) is 12.8 Å². The van der Waals surface area contributed by atoms with Crippen molar-refractivity contribution in [1.29, 1.82) is 0 Å². The summed E-state index contributed by atoms with van der Waals surface area (Å²) in [5, 5.41) is 25.8. The highest BCUT2D eigenvalue weighted by Gasteiger charge is 2.27. The molecule has 2 amide bonds. The summed E-state index contributed by atoms with van der Waals surface area (Å²) in [4.78, 5) is 27.2. The average Bonchev–Trinajstić information content (AvgIpc) is 2.74. The van der Waals surface area contributed by atoms with Gasteiger partial charge in [-0.3, -0.25) is 4.79 Å². The molecule has 6 N–H and O–H groups in total. The number of nitrogens with zero attached hydrogens (tertiary/aromatic N) is 3. The molecule has 0 aromatic carbocycles. The normalized spacial score (nSPS) is 18.0.